The van der Waals surface area contributed by atoms with Crippen LogP contribution in [0.2, 0.25) is 5.02 Å². The lowest BCUT2D eigenvalue weighted by Crippen LogP contribution is -2.64. The fourth-order valence-electron chi connectivity index (χ4n) is 2.13. The Labute approximate surface area is 125 Å². The number of hydrogen-bond donors (Lipinski definition) is 2. The topological polar surface area (TPSA) is 64.3 Å². The van der Waals surface area contributed by atoms with Crippen molar-refractivity contribution in [1.82, 2.24) is 5.32 Å². The molecule has 1 saturated carbocycles. The summed E-state index contributed by atoms with van der Waals surface area (Å²) >= 11 is 9.35. The van der Waals surface area contributed by atoms with Gasteiger partial charge in [-0.05, 0) is 31.5 Å². The number of hydrogen-bond acceptors (Lipinski definition) is 3. The first-order chi connectivity index (χ1) is 9.02. The number of nitrogens with two attached hydrogens (primary N) is 1. The maximum absolute atomic E-state index is 12.2. The minimum Gasteiger partial charge on any atom is -0.376 e. The van der Waals surface area contributed by atoms with E-state index < -0.39 is 0 Å². The average molecular weight is 348 g/mol. The molecule has 0 bridgehead atoms. The number of nitrogens with one attached hydrogen (secondary N) is 1. The van der Waals surface area contributed by atoms with E-state index in [1.54, 1.807) is 18.2 Å². The van der Waals surface area contributed by atoms with Crippen LogP contribution in [-0.4, -0.2) is 30.7 Å². The van der Waals surface area contributed by atoms with Crippen LogP contribution in [0, 0.1) is 0 Å². The highest BCUT2D eigenvalue weighted by Gasteiger charge is 2.40. The maximum atomic E-state index is 12.2. The molecule has 1 aliphatic rings. The molecule has 3 N–H and O–H groups in total. The quantitative estimate of drug-likeness (QED) is 0.878. The first-order valence-electron chi connectivity index (χ1n) is 6.16. The summed E-state index contributed by atoms with van der Waals surface area (Å²) in [5.74, 6) is -0.226. The van der Waals surface area contributed by atoms with Crippen LogP contribution in [0.5, 0.6) is 0 Å². The van der Waals surface area contributed by atoms with Gasteiger partial charge in [0.15, 0.2) is 0 Å². The van der Waals surface area contributed by atoms with E-state index in [2.05, 4.69) is 21.2 Å². The van der Waals surface area contributed by atoms with Crippen molar-refractivity contribution in [3.8, 4) is 0 Å². The van der Waals surface area contributed by atoms with Gasteiger partial charge >= 0.3 is 0 Å². The fraction of sp³-hybridized carbons (Fsp3) is 0.462. The molecular weight excluding hydrogens is 332 g/mol. The Morgan fingerprint density at radius 1 is 1.63 bits per heavy atom. The summed E-state index contributed by atoms with van der Waals surface area (Å²) < 4.78 is 6.32. The van der Waals surface area contributed by atoms with Gasteiger partial charge < -0.3 is 15.8 Å². The molecule has 2 rings (SSSR count). The van der Waals surface area contributed by atoms with Gasteiger partial charge in [0.2, 0.25) is 0 Å². The van der Waals surface area contributed by atoms with Gasteiger partial charge in [0, 0.05) is 17.1 Å². The summed E-state index contributed by atoms with van der Waals surface area (Å²) in [4.78, 5) is 12.2. The van der Waals surface area contributed by atoms with Crippen molar-refractivity contribution in [3.05, 3.63) is 33.3 Å². The van der Waals surface area contributed by atoms with Crippen LogP contribution in [0.1, 0.15) is 23.7 Å². The molecule has 1 amide bonds. The molecule has 4 nitrogen and oxygen atoms in total. The number of amides is 1. The molecule has 0 saturated heterocycles. The van der Waals surface area contributed by atoms with Gasteiger partial charge in [-0.2, -0.15) is 0 Å². The Morgan fingerprint density at radius 3 is 3.00 bits per heavy atom. The summed E-state index contributed by atoms with van der Waals surface area (Å²) in [6.07, 6.45) is 0.764. The Balaban J connectivity index is 2.06. The zero-order chi connectivity index (χ0) is 14.0. The third kappa shape index (κ3) is 3.28. The summed E-state index contributed by atoms with van der Waals surface area (Å²) in [7, 11) is 0. The van der Waals surface area contributed by atoms with Crippen LogP contribution in [0.4, 0.5) is 0 Å². The highest BCUT2D eigenvalue weighted by molar-refractivity contribution is 9.10. The Kier molecular flexibility index (Phi) is 4.84. The first kappa shape index (κ1) is 14.8. The van der Waals surface area contributed by atoms with Gasteiger partial charge in [-0.25, -0.2) is 0 Å². The van der Waals surface area contributed by atoms with Gasteiger partial charge in [-0.15, -0.1) is 0 Å². The second-order valence-electron chi connectivity index (χ2n) is 4.52. The first-order valence-corrected chi connectivity index (χ1v) is 7.33. The van der Waals surface area contributed by atoms with Crippen molar-refractivity contribution < 1.29 is 9.53 Å². The number of rotatable bonds is 4. The predicted molar refractivity (Wildman–Crippen MR) is 78.4 cm³/mol. The number of carbonyl (C=O) groups is 1. The SMILES string of the molecule is CCOC1CC(N)C1NC(=O)c1cc(Br)ccc1Cl. The van der Waals surface area contributed by atoms with E-state index >= 15 is 0 Å². The lowest BCUT2D eigenvalue weighted by Gasteiger charge is -2.42. The van der Waals surface area contributed by atoms with E-state index in [1.165, 1.54) is 0 Å². The Hall–Kier alpha value is -0.620. The van der Waals surface area contributed by atoms with E-state index in [1.807, 2.05) is 6.92 Å². The highest BCUT2D eigenvalue weighted by atomic mass is 79.9. The van der Waals surface area contributed by atoms with E-state index in [0.29, 0.717) is 17.2 Å². The zero-order valence-electron chi connectivity index (χ0n) is 10.5. The largest absolute Gasteiger partial charge is 0.376 e. The van der Waals surface area contributed by atoms with Crippen molar-refractivity contribution in [2.24, 2.45) is 5.73 Å². The molecule has 1 fully saturated rings. The predicted octanol–water partition coefficient (Wildman–Crippen LogP) is 2.34. The smallest absolute Gasteiger partial charge is 0.253 e. The third-order valence-electron chi connectivity index (χ3n) is 3.22. The summed E-state index contributed by atoms with van der Waals surface area (Å²) in [5.41, 5.74) is 6.34. The molecule has 104 valence electrons. The number of halogens is 2. The molecule has 1 aromatic carbocycles. The molecule has 19 heavy (non-hydrogen) atoms. The molecule has 6 heteroatoms. The van der Waals surface area contributed by atoms with Gasteiger partial charge in [-0.3, -0.25) is 4.79 Å². The molecule has 3 atom stereocenters. The molecule has 0 heterocycles. The van der Waals surface area contributed by atoms with Crippen LogP contribution in [0.15, 0.2) is 22.7 Å². The van der Waals surface area contributed by atoms with Crippen LogP contribution in [0.3, 0.4) is 0 Å². The molecular formula is C13H16BrClN2O2. The second-order valence-corrected chi connectivity index (χ2v) is 5.84. The van der Waals surface area contributed by atoms with Crippen molar-refractivity contribution in [3.63, 3.8) is 0 Å². The minimum absolute atomic E-state index is 0.00474. The average Bonchev–Trinajstić information content (AvgIpc) is 2.38. The molecule has 0 spiro atoms. The van der Waals surface area contributed by atoms with E-state index in [9.17, 15) is 4.79 Å². The molecule has 1 aromatic rings. The van der Waals surface area contributed by atoms with Crippen molar-refractivity contribution in [2.45, 2.75) is 31.5 Å². The summed E-state index contributed by atoms with van der Waals surface area (Å²) in [6.45, 7) is 2.54. The van der Waals surface area contributed by atoms with E-state index in [0.717, 1.165) is 10.9 Å². The van der Waals surface area contributed by atoms with Crippen LogP contribution < -0.4 is 11.1 Å². The van der Waals surface area contributed by atoms with Crippen molar-refractivity contribution >= 4 is 33.4 Å². The molecule has 0 aromatic heterocycles. The van der Waals surface area contributed by atoms with Crippen molar-refractivity contribution in [1.29, 1.82) is 0 Å². The molecule has 0 radical (unpaired) electrons. The second kappa shape index (κ2) is 6.22. The normalized spacial score (nSPS) is 25.8. The van der Waals surface area contributed by atoms with Gasteiger partial charge in [-0.1, -0.05) is 27.5 Å². The minimum atomic E-state index is -0.226. The van der Waals surface area contributed by atoms with Crippen LogP contribution >= 0.6 is 27.5 Å². The molecule has 0 aliphatic heterocycles. The fourth-order valence-corrected chi connectivity index (χ4v) is 2.69. The standard InChI is InChI=1S/C13H16BrClN2O2/c1-2-19-11-6-10(16)12(11)17-13(18)8-5-7(14)3-4-9(8)15/h3-5,10-12H,2,6,16H2,1H3,(H,17,18). The Morgan fingerprint density at radius 2 is 2.37 bits per heavy atom. The monoisotopic (exact) mass is 346 g/mol. The van der Waals surface area contributed by atoms with Gasteiger partial charge in [0.25, 0.3) is 5.91 Å². The summed E-state index contributed by atoms with van der Waals surface area (Å²) in [5, 5.41) is 3.31. The zero-order valence-corrected chi connectivity index (χ0v) is 12.9. The molecule has 3 unspecified atom stereocenters. The van der Waals surface area contributed by atoms with E-state index in [4.69, 9.17) is 22.1 Å². The highest BCUT2D eigenvalue weighted by Crippen LogP contribution is 2.25. The van der Waals surface area contributed by atoms with Crippen LogP contribution in [0.25, 0.3) is 0 Å². The summed E-state index contributed by atoms with van der Waals surface area (Å²) in [6, 6.07) is 4.95. The molecule has 1 aliphatic carbocycles. The number of carbonyl (C=O) groups excluding carboxylic acids is 1. The third-order valence-corrected chi connectivity index (χ3v) is 4.04. The lowest BCUT2D eigenvalue weighted by atomic mass is 9.83. The maximum Gasteiger partial charge on any atom is 0.253 e. The lowest BCUT2D eigenvalue weighted by molar-refractivity contribution is -0.0300. The number of benzene rings is 1. The van der Waals surface area contributed by atoms with Crippen LogP contribution in [-0.2, 0) is 4.74 Å². The van der Waals surface area contributed by atoms with E-state index in [-0.39, 0.29) is 24.1 Å². The Bertz CT molecular complexity index is 482. The van der Waals surface area contributed by atoms with Gasteiger partial charge in [0.05, 0.1) is 22.7 Å². The number of ether oxygens (including phenoxy) is 1. The van der Waals surface area contributed by atoms with Crippen molar-refractivity contribution in [2.75, 3.05) is 6.61 Å². The van der Waals surface area contributed by atoms with Gasteiger partial charge in [0.1, 0.15) is 0 Å².